The molecule has 4 aliphatic rings. The maximum atomic E-state index is 13.8. The molecule has 0 spiro atoms. The van der Waals surface area contributed by atoms with Crippen LogP contribution >= 0.6 is 0 Å². The zero-order valence-electron chi connectivity index (χ0n) is 32.4. The van der Waals surface area contributed by atoms with E-state index in [-0.39, 0.29) is 35.7 Å². The first kappa shape index (κ1) is 37.6. The van der Waals surface area contributed by atoms with Crippen molar-refractivity contribution in [1.29, 1.82) is 0 Å². The fourth-order valence-electron chi connectivity index (χ4n) is 8.63. The lowest BCUT2D eigenvalue weighted by atomic mass is 9.96. The van der Waals surface area contributed by atoms with Crippen LogP contribution in [0, 0.1) is 11.8 Å². The Morgan fingerprint density at radius 2 is 1.24 bits per heavy atom. The van der Waals surface area contributed by atoms with Gasteiger partial charge in [-0.1, -0.05) is 30.3 Å². The van der Waals surface area contributed by atoms with E-state index in [0.29, 0.717) is 45.3 Å². The van der Waals surface area contributed by atoms with Gasteiger partial charge < -0.3 is 49.3 Å². The van der Waals surface area contributed by atoms with E-state index in [1.807, 2.05) is 22.1 Å². The van der Waals surface area contributed by atoms with Crippen LogP contribution in [0.5, 0.6) is 0 Å². The first-order valence-electron chi connectivity index (χ1n) is 19.8. The van der Waals surface area contributed by atoms with E-state index in [0.717, 1.165) is 75.7 Å². The van der Waals surface area contributed by atoms with E-state index in [1.165, 1.54) is 14.2 Å². The number of fused-ring (bicyclic) bond motifs is 2. The summed E-state index contributed by atoms with van der Waals surface area (Å²) in [6.45, 7) is 2.81. The molecule has 16 heteroatoms. The van der Waals surface area contributed by atoms with E-state index < -0.39 is 24.3 Å². The van der Waals surface area contributed by atoms with Crippen LogP contribution in [0.25, 0.3) is 44.2 Å². The molecule has 4 amide bonds. The number of nitrogens with zero attached hydrogens (tertiary/aromatic N) is 4. The highest BCUT2D eigenvalue weighted by molar-refractivity contribution is 5.92. The zero-order chi connectivity index (χ0) is 39.9. The second-order valence-electron chi connectivity index (χ2n) is 15.5. The molecule has 0 bridgehead atoms. The van der Waals surface area contributed by atoms with Crippen molar-refractivity contribution < 1.29 is 38.1 Å². The van der Waals surface area contributed by atoms with Crippen LogP contribution < -0.4 is 10.6 Å². The third-order valence-corrected chi connectivity index (χ3v) is 12.0. The molecule has 3 aromatic carbocycles. The number of methoxy groups -OCH3 is 2. The molecule has 2 aromatic heterocycles. The number of likely N-dealkylation sites (tertiary alicyclic amines) is 2. The van der Waals surface area contributed by atoms with E-state index in [2.05, 4.69) is 69.1 Å². The number of alkyl carbamates (subject to hydrolysis) is 2. The van der Waals surface area contributed by atoms with Crippen molar-refractivity contribution in [2.75, 3.05) is 53.7 Å². The maximum absolute atomic E-state index is 13.8. The second-order valence-corrected chi connectivity index (χ2v) is 15.5. The summed E-state index contributed by atoms with van der Waals surface area (Å²) in [5.41, 5.74) is 5.61. The summed E-state index contributed by atoms with van der Waals surface area (Å²) in [5.74, 6) is 0.934. The number of carbonyl (C=O) groups excluding carboxylic acids is 4. The molecule has 0 unspecified atom stereocenters. The van der Waals surface area contributed by atoms with Gasteiger partial charge in [0.2, 0.25) is 11.8 Å². The summed E-state index contributed by atoms with van der Waals surface area (Å²) in [7, 11) is 2.58. The molecule has 58 heavy (non-hydrogen) atoms. The average Bonchev–Trinajstić information content (AvgIpc) is 4.04. The average molecular weight is 791 g/mol. The number of carbonyl (C=O) groups is 4. The van der Waals surface area contributed by atoms with Crippen LogP contribution in [0.3, 0.4) is 0 Å². The van der Waals surface area contributed by atoms with Gasteiger partial charge in [-0.05, 0) is 71.8 Å². The SMILES string of the molecule is COC(=O)N[C@H](C(=O)N1CCC[C@H]1c1ncc(-c2ccc3cc(-c4ccc5nc([C@@H]6CCCN6C(=O)[C@@H](NC(=O)OC)C6COC6)[nH]c5c4)ccc3c2)[nH]1)C1COC1. The molecule has 4 atom stereocenters. The molecule has 4 saturated heterocycles. The highest BCUT2D eigenvalue weighted by atomic mass is 16.5. The molecule has 16 nitrogen and oxygen atoms in total. The smallest absolute Gasteiger partial charge is 0.407 e. The summed E-state index contributed by atoms with van der Waals surface area (Å²) in [5, 5.41) is 7.60. The van der Waals surface area contributed by atoms with E-state index in [1.54, 1.807) is 0 Å². The number of hydrogen-bond donors (Lipinski definition) is 4. The lowest BCUT2D eigenvalue weighted by molar-refractivity contribution is -0.142. The van der Waals surface area contributed by atoms with Gasteiger partial charge in [-0.3, -0.25) is 9.59 Å². The van der Waals surface area contributed by atoms with Gasteiger partial charge in [0, 0.05) is 30.5 Å². The maximum Gasteiger partial charge on any atom is 0.407 e. The van der Waals surface area contributed by atoms with Crippen LogP contribution in [-0.2, 0) is 28.5 Å². The minimum Gasteiger partial charge on any atom is -0.453 e. The molecular weight excluding hydrogens is 745 g/mol. The third kappa shape index (κ3) is 7.10. The molecule has 9 rings (SSSR count). The molecule has 6 heterocycles. The van der Waals surface area contributed by atoms with Crippen LogP contribution in [0.2, 0.25) is 0 Å². The van der Waals surface area contributed by atoms with Crippen molar-refractivity contribution in [1.82, 2.24) is 40.4 Å². The number of ether oxygens (including phenoxy) is 4. The Labute approximate surface area is 333 Å². The fraction of sp³-hybridized carbons (Fsp3) is 0.429. The number of aromatic amines is 2. The summed E-state index contributed by atoms with van der Waals surface area (Å²) < 4.78 is 20.3. The van der Waals surface area contributed by atoms with Gasteiger partial charge >= 0.3 is 12.2 Å². The van der Waals surface area contributed by atoms with E-state index in [9.17, 15) is 19.2 Å². The van der Waals surface area contributed by atoms with E-state index in [4.69, 9.17) is 28.9 Å². The minimum absolute atomic E-state index is 0.0999. The van der Waals surface area contributed by atoms with Crippen molar-refractivity contribution in [2.45, 2.75) is 49.9 Å². The Balaban J connectivity index is 0.903. The standard InChI is InChI=1S/C42H46N8O8/c1-55-41(53)47-35(28-19-57-20-28)39(51)49-13-3-5-33(49)37-43-18-32(46-37)27-10-9-23-15-24(7-8-25(23)16-27)26-11-12-30-31(17-26)45-38(44-30)34-6-4-14-50(34)40(52)36(29-21-58-22-29)48-42(54)56-2/h7-12,15-18,28-29,33-36H,3-6,13-14,19-22H2,1-2H3,(H,43,46)(H,44,45)(H,47,53)(H,48,54)/t33-,34-,35-,36-/m0/s1. The van der Waals surface area contributed by atoms with Gasteiger partial charge in [0.1, 0.15) is 23.7 Å². The lowest BCUT2D eigenvalue weighted by Crippen LogP contribution is -2.56. The Kier molecular flexibility index (Phi) is 10.2. The summed E-state index contributed by atoms with van der Waals surface area (Å²) in [4.78, 5) is 71.9. The van der Waals surface area contributed by atoms with Crippen molar-refractivity contribution in [2.24, 2.45) is 11.8 Å². The van der Waals surface area contributed by atoms with Gasteiger partial charge in [0.05, 0.1) is 75.7 Å². The van der Waals surface area contributed by atoms with Crippen LogP contribution in [0.1, 0.15) is 49.4 Å². The van der Waals surface area contributed by atoms with Crippen molar-refractivity contribution in [3.05, 3.63) is 72.4 Å². The predicted molar refractivity (Wildman–Crippen MR) is 211 cm³/mol. The monoisotopic (exact) mass is 790 g/mol. The van der Waals surface area contributed by atoms with Crippen molar-refractivity contribution in [3.63, 3.8) is 0 Å². The Hall–Kier alpha value is -6.00. The van der Waals surface area contributed by atoms with Crippen molar-refractivity contribution in [3.8, 4) is 22.4 Å². The van der Waals surface area contributed by atoms with Crippen LogP contribution in [0.15, 0.2) is 60.8 Å². The molecule has 4 N–H and O–H groups in total. The highest BCUT2D eigenvalue weighted by Crippen LogP contribution is 2.36. The molecular formula is C42H46N8O8. The normalized spacial score (nSPS) is 20.7. The number of aromatic nitrogens is 4. The molecule has 302 valence electrons. The van der Waals surface area contributed by atoms with Gasteiger partial charge in [-0.2, -0.15) is 0 Å². The lowest BCUT2D eigenvalue weighted by Gasteiger charge is -2.36. The first-order chi connectivity index (χ1) is 28.3. The van der Waals surface area contributed by atoms with Gasteiger partial charge in [-0.15, -0.1) is 0 Å². The first-order valence-corrected chi connectivity index (χ1v) is 19.8. The molecule has 5 aromatic rings. The zero-order valence-corrected chi connectivity index (χ0v) is 32.4. The largest absolute Gasteiger partial charge is 0.453 e. The number of H-pyrrole nitrogens is 2. The highest BCUT2D eigenvalue weighted by Gasteiger charge is 2.43. The molecule has 0 aliphatic carbocycles. The minimum atomic E-state index is -0.719. The summed E-state index contributed by atoms with van der Waals surface area (Å²) in [6.07, 6.45) is 3.74. The second kappa shape index (κ2) is 15.7. The van der Waals surface area contributed by atoms with Crippen LogP contribution in [-0.4, -0.2) is 120 Å². The molecule has 0 radical (unpaired) electrons. The fourth-order valence-corrected chi connectivity index (χ4v) is 8.63. The number of imidazole rings is 2. The summed E-state index contributed by atoms with van der Waals surface area (Å²) >= 11 is 0. The number of amides is 4. The number of hydrogen-bond acceptors (Lipinski definition) is 10. The number of benzene rings is 3. The Morgan fingerprint density at radius 1 is 0.707 bits per heavy atom. The predicted octanol–water partition coefficient (Wildman–Crippen LogP) is 4.84. The van der Waals surface area contributed by atoms with Gasteiger partial charge in [0.15, 0.2) is 0 Å². The topological polar surface area (TPSA) is 193 Å². The van der Waals surface area contributed by atoms with Gasteiger partial charge in [-0.25, -0.2) is 19.6 Å². The van der Waals surface area contributed by atoms with Crippen LogP contribution in [0.4, 0.5) is 9.59 Å². The molecule has 0 saturated carbocycles. The van der Waals surface area contributed by atoms with Gasteiger partial charge in [0.25, 0.3) is 0 Å². The Bertz CT molecular complexity index is 2370. The molecule has 4 fully saturated rings. The quantitative estimate of drug-likeness (QED) is 0.152. The Morgan fingerprint density at radius 3 is 1.81 bits per heavy atom. The van der Waals surface area contributed by atoms with E-state index >= 15 is 0 Å². The summed E-state index contributed by atoms with van der Waals surface area (Å²) in [6, 6.07) is 16.9. The molecule has 4 aliphatic heterocycles. The van der Waals surface area contributed by atoms with Crippen molar-refractivity contribution >= 4 is 45.8 Å². The number of rotatable bonds is 10. The number of nitrogens with one attached hydrogen (secondary N) is 4. The third-order valence-electron chi connectivity index (χ3n) is 12.0.